The summed E-state index contributed by atoms with van der Waals surface area (Å²) in [6, 6.07) is 17.9. The molecule has 0 spiro atoms. The van der Waals surface area contributed by atoms with Gasteiger partial charge in [-0.1, -0.05) is 12.1 Å². The van der Waals surface area contributed by atoms with Crippen LogP contribution in [0.4, 0.5) is 10.1 Å². The van der Waals surface area contributed by atoms with Gasteiger partial charge >= 0.3 is 0 Å². The fourth-order valence-corrected chi connectivity index (χ4v) is 4.42. The molecule has 1 atom stereocenters. The number of amides is 1. The van der Waals surface area contributed by atoms with Gasteiger partial charge in [-0.3, -0.25) is 14.5 Å². The summed E-state index contributed by atoms with van der Waals surface area (Å²) in [5.41, 5.74) is 2.47. The third-order valence-corrected chi connectivity index (χ3v) is 6.09. The number of rotatable bonds is 3. The summed E-state index contributed by atoms with van der Waals surface area (Å²) in [4.78, 5) is 27.6. The van der Waals surface area contributed by atoms with Gasteiger partial charge in [-0.15, -0.1) is 0 Å². The molecule has 7 heteroatoms. The second-order valence-electron chi connectivity index (χ2n) is 8.15. The number of nitriles is 1. The third-order valence-electron chi connectivity index (χ3n) is 6.09. The zero-order valence-corrected chi connectivity index (χ0v) is 18.0. The first-order valence-corrected chi connectivity index (χ1v) is 10.8. The number of hydrogen-bond acceptors (Lipinski definition) is 5. The van der Waals surface area contributed by atoms with Gasteiger partial charge in [-0.05, 0) is 78.6 Å². The molecule has 0 saturated carbocycles. The van der Waals surface area contributed by atoms with Crippen molar-refractivity contribution in [3.63, 3.8) is 0 Å². The Hall–Kier alpha value is -4.44. The van der Waals surface area contributed by atoms with Crippen molar-refractivity contribution in [1.29, 1.82) is 5.26 Å². The SMILES string of the molecule is N#Cc1ccc(N2C(=O)C(=O)/C(=C(\O)c3ccc4c(c3)CCCO4)C2c2ccc(F)cc2)cc1. The summed E-state index contributed by atoms with van der Waals surface area (Å²) in [6.45, 7) is 0.624. The molecule has 1 unspecified atom stereocenters. The second kappa shape index (κ2) is 8.49. The van der Waals surface area contributed by atoms with Gasteiger partial charge in [0.15, 0.2) is 0 Å². The number of aliphatic hydroxyl groups is 1. The second-order valence-corrected chi connectivity index (χ2v) is 8.15. The van der Waals surface area contributed by atoms with Gasteiger partial charge in [-0.25, -0.2) is 4.39 Å². The van der Waals surface area contributed by atoms with Crippen LogP contribution in [0.25, 0.3) is 5.76 Å². The van der Waals surface area contributed by atoms with E-state index in [1.807, 2.05) is 6.07 Å². The maximum absolute atomic E-state index is 13.7. The van der Waals surface area contributed by atoms with Crippen molar-refractivity contribution in [2.24, 2.45) is 0 Å². The van der Waals surface area contributed by atoms with Crippen LogP contribution in [0.1, 0.15) is 34.7 Å². The Bertz CT molecular complexity index is 1370. The van der Waals surface area contributed by atoms with E-state index in [0.717, 1.165) is 24.2 Å². The van der Waals surface area contributed by atoms with Crippen LogP contribution in [-0.2, 0) is 16.0 Å². The zero-order chi connectivity index (χ0) is 23.8. The molecule has 6 nitrogen and oxygen atoms in total. The van der Waals surface area contributed by atoms with Crippen LogP contribution in [-0.4, -0.2) is 23.4 Å². The number of anilines is 1. The summed E-state index contributed by atoms with van der Waals surface area (Å²) in [6.07, 6.45) is 1.62. The molecule has 0 bridgehead atoms. The number of fused-ring (bicyclic) bond motifs is 1. The Morgan fingerprint density at radius 2 is 1.79 bits per heavy atom. The van der Waals surface area contributed by atoms with Crippen molar-refractivity contribution in [2.45, 2.75) is 18.9 Å². The molecular formula is C27H19FN2O4. The number of ketones is 1. The fraction of sp³-hybridized carbons (Fsp3) is 0.148. The first-order chi connectivity index (χ1) is 16.5. The van der Waals surface area contributed by atoms with Crippen molar-refractivity contribution < 1.29 is 23.8 Å². The largest absolute Gasteiger partial charge is 0.507 e. The van der Waals surface area contributed by atoms with Crippen molar-refractivity contribution in [3.8, 4) is 11.8 Å². The van der Waals surface area contributed by atoms with Crippen LogP contribution in [0.3, 0.4) is 0 Å². The third kappa shape index (κ3) is 3.59. The molecular weight excluding hydrogens is 435 g/mol. The molecule has 0 aliphatic carbocycles. The average molecular weight is 454 g/mol. The summed E-state index contributed by atoms with van der Waals surface area (Å²) in [7, 11) is 0. The Labute approximate surface area is 195 Å². The minimum atomic E-state index is -0.971. The van der Waals surface area contributed by atoms with Gasteiger partial charge in [0, 0.05) is 11.3 Å². The maximum atomic E-state index is 13.7. The van der Waals surface area contributed by atoms with Crippen LogP contribution in [0.2, 0.25) is 0 Å². The van der Waals surface area contributed by atoms with Crippen LogP contribution in [0.5, 0.6) is 5.75 Å². The van der Waals surface area contributed by atoms with Crippen molar-refractivity contribution in [3.05, 3.63) is 100 Å². The number of aliphatic hydroxyl groups excluding tert-OH is 1. The molecule has 1 fully saturated rings. The van der Waals surface area contributed by atoms with E-state index in [9.17, 15) is 19.1 Å². The van der Waals surface area contributed by atoms with E-state index in [4.69, 9.17) is 10.00 Å². The van der Waals surface area contributed by atoms with E-state index >= 15 is 0 Å². The predicted molar refractivity (Wildman–Crippen MR) is 123 cm³/mol. The number of nitrogens with zero attached hydrogens (tertiary/aromatic N) is 2. The number of carbonyl (C=O) groups is 2. The number of aryl methyl sites for hydroxylation is 1. The smallest absolute Gasteiger partial charge is 0.300 e. The number of halogens is 1. The van der Waals surface area contributed by atoms with Crippen molar-refractivity contribution in [1.82, 2.24) is 0 Å². The summed E-state index contributed by atoms with van der Waals surface area (Å²) < 4.78 is 19.3. The molecule has 3 aromatic carbocycles. The number of carbonyl (C=O) groups excluding carboxylic acids is 2. The molecule has 1 amide bonds. The molecule has 0 aromatic heterocycles. The highest BCUT2D eigenvalue weighted by Gasteiger charge is 2.47. The van der Waals surface area contributed by atoms with E-state index in [0.29, 0.717) is 29.0 Å². The Balaban J connectivity index is 1.68. The van der Waals surface area contributed by atoms with E-state index in [2.05, 4.69) is 0 Å². The van der Waals surface area contributed by atoms with E-state index in [1.165, 1.54) is 29.2 Å². The van der Waals surface area contributed by atoms with E-state index < -0.39 is 23.5 Å². The van der Waals surface area contributed by atoms with Crippen LogP contribution >= 0.6 is 0 Å². The summed E-state index contributed by atoms with van der Waals surface area (Å²) in [5.74, 6) is -1.70. The quantitative estimate of drug-likeness (QED) is 0.354. The Kier molecular flexibility index (Phi) is 5.34. The highest BCUT2D eigenvalue weighted by molar-refractivity contribution is 6.51. The predicted octanol–water partition coefficient (Wildman–Crippen LogP) is 4.65. The standard InChI is InChI=1S/C27H19FN2O4/c28-20-8-5-17(6-9-20)24-23(25(31)19-7-12-22-18(14-19)2-1-13-34-22)26(32)27(33)30(24)21-10-3-16(15-29)4-11-21/h3-12,14,24,31H,1-2,13H2/b25-23-. The van der Waals surface area contributed by atoms with Gasteiger partial charge in [0.25, 0.3) is 11.7 Å². The van der Waals surface area contributed by atoms with Gasteiger partial charge < -0.3 is 9.84 Å². The number of Topliss-reactive ketones (excluding diaryl/α,β-unsaturated/α-hetero) is 1. The molecule has 1 N–H and O–H groups in total. The first kappa shape index (κ1) is 21.4. The van der Waals surface area contributed by atoms with Crippen LogP contribution in [0, 0.1) is 17.1 Å². The number of benzene rings is 3. The number of hydrogen-bond donors (Lipinski definition) is 1. The van der Waals surface area contributed by atoms with Gasteiger partial charge in [-0.2, -0.15) is 5.26 Å². The Morgan fingerprint density at radius 3 is 2.50 bits per heavy atom. The van der Waals surface area contributed by atoms with Crippen LogP contribution in [0.15, 0.2) is 72.3 Å². The number of ether oxygens (including phenoxy) is 1. The van der Waals surface area contributed by atoms with Crippen molar-refractivity contribution >= 4 is 23.1 Å². The summed E-state index contributed by atoms with van der Waals surface area (Å²) in [5, 5.41) is 20.4. The first-order valence-electron chi connectivity index (χ1n) is 10.8. The molecule has 3 aromatic rings. The molecule has 2 aliphatic heterocycles. The molecule has 5 rings (SSSR count). The van der Waals surface area contributed by atoms with Gasteiger partial charge in [0.2, 0.25) is 0 Å². The normalized spacial score (nSPS) is 18.8. The lowest BCUT2D eigenvalue weighted by molar-refractivity contribution is -0.132. The molecule has 0 radical (unpaired) electrons. The van der Waals surface area contributed by atoms with E-state index in [1.54, 1.807) is 42.5 Å². The molecule has 34 heavy (non-hydrogen) atoms. The lowest BCUT2D eigenvalue weighted by Gasteiger charge is -2.25. The van der Waals surface area contributed by atoms with Gasteiger partial charge in [0.1, 0.15) is 17.3 Å². The monoisotopic (exact) mass is 454 g/mol. The zero-order valence-electron chi connectivity index (χ0n) is 18.0. The lowest BCUT2D eigenvalue weighted by Crippen LogP contribution is -2.29. The highest BCUT2D eigenvalue weighted by Crippen LogP contribution is 2.42. The van der Waals surface area contributed by atoms with E-state index in [-0.39, 0.29) is 11.3 Å². The van der Waals surface area contributed by atoms with Crippen molar-refractivity contribution in [2.75, 3.05) is 11.5 Å². The minimum absolute atomic E-state index is 0.0855. The topological polar surface area (TPSA) is 90.6 Å². The Morgan fingerprint density at radius 1 is 1.06 bits per heavy atom. The maximum Gasteiger partial charge on any atom is 0.300 e. The minimum Gasteiger partial charge on any atom is -0.507 e. The summed E-state index contributed by atoms with van der Waals surface area (Å²) >= 11 is 0. The molecule has 2 heterocycles. The highest BCUT2D eigenvalue weighted by atomic mass is 19.1. The fourth-order valence-electron chi connectivity index (χ4n) is 4.42. The molecule has 2 aliphatic rings. The average Bonchev–Trinajstić information content (AvgIpc) is 3.14. The van der Waals surface area contributed by atoms with Crippen LogP contribution < -0.4 is 9.64 Å². The molecule has 1 saturated heterocycles. The lowest BCUT2D eigenvalue weighted by atomic mass is 9.94. The molecule has 168 valence electrons. The van der Waals surface area contributed by atoms with Gasteiger partial charge in [0.05, 0.1) is 29.9 Å².